The zero-order valence-electron chi connectivity index (χ0n) is 10.1. The van der Waals surface area contributed by atoms with E-state index in [0.717, 1.165) is 5.56 Å². The molecule has 0 spiro atoms. The highest BCUT2D eigenvalue weighted by Crippen LogP contribution is 2.02. The van der Waals surface area contributed by atoms with Crippen LogP contribution < -0.4 is 10.1 Å². The summed E-state index contributed by atoms with van der Waals surface area (Å²) in [6, 6.07) is 9.46. The molecule has 0 saturated carbocycles. The van der Waals surface area contributed by atoms with E-state index >= 15 is 0 Å². The highest BCUT2D eigenvalue weighted by Gasteiger charge is 2.02. The van der Waals surface area contributed by atoms with Crippen LogP contribution in [0.5, 0.6) is 0 Å². The molecule has 1 amide bonds. The molecule has 0 unspecified atom stereocenters. The summed E-state index contributed by atoms with van der Waals surface area (Å²) < 4.78 is 7.95. The zero-order valence-corrected chi connectivity index (χ0v) is 10.9. The van der Waals surface area contributed by atoms with Crippen molar-refractivity contribution in [2.75, 3.05) is 0 Å². The van der Waals surface area contributed by atoms with E-state index in [1.807, 2.05) is 47.9 Å². The molecule has 2 rings (SSSR count). The second-order valence-corrected chi connectivity index (χ2v) is 4.29. The molecule has 0 aliphatic carbocycles. The van der Waals surface area contributed by atoms with E-state index in [9.17, 15) is 4.79 Å². The Morgan fingerprint density at radius 2 is 2.16 bits per heavy atom. The average Bonchev–Trinajstić information content (AvgIpc) is 2.73. The molecule has 98 valence electrons. The molecule has 0 fully saturated rings. The van der Waals surface area contributed by atoms with Crippen LogP contribution in [0.15, 0.2) is 59.1 Å². The van der Waals surface area contributed by atoms with Crippen LogP contribution in [0, 0.1) is 0 Å². The summed E-state index contributed by atoms with van der Waals surface area (Å²) in [4.78, 5) is 11.4. The molecule has 0 atom stereocenters. The lowest BCUT2D eigenvalue weighted by atomic mass is 10.2. The van der Waals surface area contributed by atoms with Crippen LogP contribution in [-0.4, -0.2) is 11.9 Å². The van der Waals surface area contributed by atoms with Crippen LogP contribution in [0.1, 0.15) is 5.56 Å². The summed E-state index contributed by atoms with van der Waals surface area (Å²) in [5, 5.41) is 5.76. The number of benzene rings is 1. The van der Waals surface area contributed by atoms with Crippen LogP contribution in [0.25, 0.3) is 0 Å². The quantitative estimate of drug-likeness (QED) is 0.657. The molecular formula is C13H13N3O2S. The number of amidine groups is 1. The normalized spacial score (nSPS) is 15.7. The first-order valence-corrected chi connectivity index (χ1v) is 6.52. The Morgan fingerprint density at radius 3 is 3.00 bits per heavy atom. The summed E-state index contributed by atoms with van der Waals surface area (Å²) in [5.41, 5.74) is 3.25. The Kier molecular flexibility index (Phi) is 5.06. The lowest BCUT2D eigenvalue weighted by Crippen LogP contribution is -2.23. The summed E-state index contributed by atoms with van der Waals surface area (Å²) in [5.74, 6) is 0.548. The van der Waals surface area contributed by atoms with Gasteiger partial charge < -0.3 is 9.46 Å². The molecule has 1 aliphatic heterocycles. The van der Waals surface area contributed by atoms with E-state index in [2.05, 4.69) is 15.2 Å². The molecular weight excluding hydrogens is 262 g/mol. The maximum atomic E-state index is 11.4. The maximum absolute atomic E-state index is 11.4. The third-order valence-electron chi connectivity index (χ3n) is 2.16. The van der Waals surface area contributed by atoms with Crippen molar-refractivity contribution in [2.45, 2.75) is 6.61 Å². The van der Waals surface area contributed by atoms with E-state index in [4.69, 9.17) is 4.74 Å². The number of allylic oxidation sites excluding steroid dienone is 2. The predicted molar refractivity (Wildman–Crippen MR) is 76.2 cm³/mol. The Hall–Kier alpha value is -2.21. The second kappa shape index (κ2) is 7.27. The van der Waals surface area contributed by atoms with Crippen molar-refractivity contribution in [2.24, 2.45) is 5.10 Å². The van der Waals surface area contributed by atoms with Gasteiger partial charge in [0.05, 0.1) is 0 Å². The molecule has 0 radical (unpaired) electrons. The van der Waals surface area contributed by atoms with E-state index in [0.29, 0.717) is 5.84 Å². The molecule has 6 heteroatoms. The highest BCUT2D eigenvalue weighted by molar-refractivity contribution is 8.00. The lowest BCUT2D eigenvalue weighted by molar-refractivity contribution is 0.140. The van der Waals surface area contributed by atoms with E-state index in [-0.39, 0.29) is 6.61 Å². The van der Waals surface area contributed by atoms with Crippen LogP contribution in [-0.2, 0) is 11.3 Å². The van der Waals surface area contributed by atoms with Crippen molar-refractivity contribution in [1.82, 2.24) is 10.1 Å². The highest BCUT2D eigenvalue weighted by atomic mass is 32.2. The standard InChI is InChI=1S/C13H13N3O2S/c17-13(18-10-11-6-2-1-3-7-11)15-14-12-8-4-5-9-19-16-12/h1-9H,10H2,(H,14,16)(H,15,17). The molecule has 0 bridgehead atoms. The van der Waals surface area contributed by atoms with Gasteiger partial charge in [0.1, 0.15) is 6.61 Å². The molecule has 1 heterocycles. The number of hydrazone groups is 1. The van der Waals surface area contributed by atoms with Gasteiger partial charge in [-0.05, 0) is 29.0 Å². The van der Waals surface area contributed by atoms with Gasteiger partial charge in [0.25, 0.3) is 0 Å². The van der Waals surface area contributed by atoms with Crippen molar-refractivity contribution in [3.05, 3.63) is 59.5 Å². The predicted octanol–water partition coefficient (Wildman–Crippen LogP) is 2.55. The number of hydrogen-bond acceptors (Lipinski definition) is 4. The summed E-state index contributed by atoms with van der Waals surface area (Å²) in [6.07, 6.45) is 4.85. The van der Waals surface area contributed by atoms with Gasteiger partial charge in [-0.3, -0.25) is 0 Å². The lowest BCUT2D eigenvalue weighted by Gasteiger charge is -2.05. The van der Waals surface area contributed by atoms with Gasteiger partial charge in [-0.25, -0.2) is 10.2 Å². The smallest absolute Gasteiger partial charge is 0.428 e. The van der Waals surface area contributed by atoms with Crippen LogP contribution in [0.2, 0.25) is 0 Å². The van der Waals surface area contributed by atoms with E-state index in [1.54, 1.807) is 6.08 Å². The minimum absolute atomic E-state index is 0.219. The molecule has 5 nitrogen and oxygen atoms in total. The fourth-order valence-electron chi connectivity index (χ4n) is 1.28. The third kappa shape index (κ3) is 4.89. The minimum atomic E-state index is -0.589. The zero-order chi connectivity index (χ0) is 13.3. The van der Waals surface area contributed by atoms with Crippen molar-refractivity contribution in [1.29, 1.82) is 0 Å². The fraction of sp³-hybridized carbons (Fsp3) is 0.0769. The van der Waals surface area contributed by atoms with Gasteiger partial charge in [0.2, 0.25) is 0 Å². The Labute approximate surface area is 115 Å². The van der Waals surface area contributed by atoms with Gasteiger partial charge in [0, 0.05) is 0 Å². The van der Waals surface area contributed by atoms with Gasteiger partial charge >= 0.3 is 6.09 Å². The number of ether oxygens (including phenoxy) is 1. The molecule has 0 aromatic heterocycles. The van der Waals surface area contributed by atoms with Gasteiger partial charge in [-0.1, -0.05) is 42.5 Å². The van der Waals surface area contributed by atoms with Crippen molar-refractivity contribution < 1.29 is 9.53 Å². The van der Waals surface area contributed by atoms with Crippen molar-refractivity contribution >= 4 is 23.9 Å². The average molecular weight is 275 g/mol. The largest absolute Gasteiger partial charge is 0.443 e. The maximum Gasteiger partial charge on any atom is 0.428 e. The fourth-order valence-corrected chi connectivity index (χ4v) is 1.75. The monoisotopic (exact) mass is 275 g/mol. The Balaban J connectivity index is 1.77. The first kappa shape index (κ1) is 13.2. The minimum Gasteiger partial charge on any atom is -0.443 e. The van der Waals surface area contributed by atoms with Gasteiger partial charge in [-0.2, -0.15) is 5.10 Å². The topological polar surface area (TPSA) is 62.7 Å². The first-order chi connectivity index (χ1) is 9.34. The molecule has 1 aromatic rings. The van der Waals surface area contributed by atoms with Crippen molar-refractivity contribution in [3.63, 3.8) is 0 Å². The van der Waals surface area contributed by atoms with E-state index in [1.165, 1.54) is 11.9 Å². The number of nitrogens with zero attached hydrogens (tertiary/aromatic N) is 1. The third-order valence-corrected chi connectivity index (χ3v) is 2.78. The molecule has 1 aromatic carbocycles. The van der Waals surface area contributed by atoms with Crippen LogP contribution in [0.3, 0.4) is 0 Å². The number of amides is 1. The van der Waals surface area contributed by atoms with E-state index < -0.39 is 6.09 Å². The number of hydrogen-bond donors (Lipinski definition) is 2. The van der Waals surface area contributed by atoms with Crippen molar-refractivity contribution in [3.8, 4) is 0 Å². The van der Waals surface area contributed by atoms with Crippen LogP contribution >= 0.6 is 11.9 Å². The molecule has 19 heavy (non-hydrogen) atoms. The summed E-state index contributed by atoms with van der Waals surface area (Å²) in [6.45, 7) is 0.219. The number of nitrogens with one attached hydrogen (secondary N) is 2. The van der Waals surface area contributed by atoms with Gasteiger partial charge in [-0.15, -0.1) is 0 Å². The van der Waals surface area contributed by atoms with Gasteiger partial charge in [0.15, 0.2) is 5.84 Å². The SMILES string of the molecule is O=C(NN=C1C=CC=CSN1)OCc1ccccc1. The molecule has 2 N–H and O–H groups in total. The molecule has 0 saturated heterocycles. The second-order valence-electron chi connectivity index (χ2n) is 3.58. The summed E-state index contributed by atoms with van der Waals surface area (Å²) >= 11 is 1.37. The Morgan fingerprint density at radius 1 is 1.32 bits per heavy atom. The molecule has 1 aliphatic rings. The first-order valence-electron chi connectivity index (χ1n) is 5.64. The summed E-state index contributed by atoms with van der Waals surface area (Å²) in [7, 11) is 0. The van der Waals surface area contributed by atoms with Crippen LogP contribution in [0.4, 0.5) is 4.79 Å². The number of rotatable bonds is 3. The number of carbonyl (C=O) groups is 1. The Bertz CT molecular complexity index is 512. The number of carbonyl (C=O) groups excluding carboxylic acids is 1.